The molecular weight excluding hydrogens is 278 g/mol. The molecule has 1 aliphatic heterocycles. The summed E-state index contributed by atoms with van der Waals surface area (Å²) in [5.41, 5.74) is 6.06. The van der Waals surface area contributed by atoms with E-state index in [-0.39, 0.29) is 0 Å². The van der Waals surface area contributed by atoms with Gasteiger partial charge < -0.3 is 0 Å². The van der Waals surface area contributed by atoms with Gasteiger partial charge >= 0.3 is 0 Å². The van der Waals surface area contributed by atoms with Crippen LogP contribution < -0.4 is 5.43 Å². The van der Waals surface area contributed by atoms with Gasteiger partial charge in [-0.05, 0) is 11.1 Å². The van der Waals surface area contributed by atoms with Gasteiger partial charge in [-0.2, -0.15) is 0 Å². The zero-order valence-corrected chi connectivity index (χ0v) is 12.7. The number of aliphatic imine (C=N–C) groups is 1. The van der Waals surface area contributed by atoms with Gasteiger partial charge in [0.1, 0.15) is 0 Å². The quantitative estimate of drug-likeness (QED) is 0.938. The minimum absolute atomic E-state index is 0.849. The van der Waals surface area contributed by atoms with Gasteiger partial charge in [-0.15, -0.1) is 0 Å². The highest BCUT2D eigenvalue weighted by Crippen LogP contribution is 2.18. The van der Waals surface area contributed by atoms with Crippen molar-refractivity contribution in [2.75, 3.05) is 13.1 Å². The Morgan fingerprint density at radius 2 is 1.62 bits per heavy atom. The van der Waals surface area contributed by atoms with Crippen molar-refractivity contribution in [1.82, 2.24) is 10.4 Å². The van der Waals surface area contributed by atoms with Crippen molar-refractivity contribution in [3.05, 3.63) is 71.8 Å². The smallest absolute Gasteiger partial charge is 0.174 e. The largest absolute Gasteiger partial charge is 0.282 e. The third-order valence-electron chi connectivity index (χ3n) is 3.29. The van der Waals surface area contributed by atoms with E-state index in [0.717, 1.165) is 30.6 Å². The number of benzene rings is 2. The summed E-state index contributed by atoms with van der Waals surface area (Å²) in [5, 5.41) is 3.24. The maximum absolute atomic E-state index is 4.67. The molecule has 2 aromatic carbocycles. The lowest BCUT2D eigenvalue weighted by Gasteiger charge is -2.29. The van der Waals surface area contributed by atoms with Crippen molar-refractivity contribution in [3.63, 3.8) is 0 Å². The number of hydrogen-bond acceptors (Lipinski definition) is 4. The maximum Gasteiger partial charge on any atom is 0.174 e. The first-order chi connectivity index (χ1) is 10.4. The topological polar surface area (TPSA) is 27.6 Å². The molecule has 0 radical (unpaired) electrons. The standard InChI is InChI=1S/C17H19N3S/c1-3-7-15(8-4-1)13-20-17(18-11-12-19-20)21-14-16-9-5-2-6-10-16/h1-10,19H,11-14H2. The van der Waals surface area contributed by atoms with Gasteiger partial charge in [0, 0.05) is 12.3 Å². The fraction of sp³-hybridized carbons (Fsp3) is 0.235. The minimum Gasteiger partial charge on any atom is -0.282 e. The van der Waals surface area contributed by atoms with Crippen molar-refractivity contribution in [2.45, 2.75) is 12.3 Å². The lowest BCUT2D eigenvalue weighted by Crippen LogP contribution is -2.45. The van der Waals surface area contributed by atoms with E-state index in [4.69, 9.17) is 0 Å². The Balaban J connectivity index is 1.63. The van der Waals surface area contributed by atoms with E-state index in [1.54, 1.807) is 11.8 Å². The normalized spacial score (nSPS) is 14.9. The second-order valence-electron chi connectivity index (χ2n) is 4.92. The fourth-order valence-electron chi connectivity index (χ4n) is 2.22. The lowest BCUT2D eigenvalue weighted by molar-refractivity contribution is 0.296. The molecule has 0 fully saturated rings. The average Bonchev–Trinajstić information content (AvgIpc) is 2.56. The van der Waals surface area contributed by atoms with Crippen LogP contribution in [0.3, 0.4) is 0 Å². The summed E-state index contributed by atoms with van der Waals surface area (Å²) in [4.78, 5) is 4.67. The van der Waals surface area contributed by atoms with Gasteiger partial charge in [0.15, 0.2) is 5.17 Å². The van der Waals surface area contributed by atoms with Crippen LogP contribution in [0.5, 0.6) is 0 Å². The Hall–Kier alpha value is -1.78. The first-order valence-electron chi connectivity index (χ1n) is 7.18. The summed E-state index contributed by atoms with van der Waals surface area (Å²) >= 11 is 1.79. The molecule has 0 unspecified atom stereocenters. The van der Waals surface area contributed by atoms with E-state index in [2.05, 4.69) is 70.0 Å². The fourth-order valence-corrected chi connectivity index (χ4v) is 3.18. The molecule has 0 amide bonds. The molecule has 1 N–H and O–H groups in total. The van der Waals surface area contributed by atoms with Crippen LogP contribution in [0.25, 0.3) is 0 Å². The molecule has 108 valence electrons. The molecule has 4 heteroatoms. The third kappa shape index (κ3) is 4.09. The van der Waals surface area contributed by atoms with Crippen LogP contribution in [-0.4, -0.2) is 23.3 Å². The second kappa shape index (κ2) is 7.29. The van der Waals surface area contributed by atoms with Gasteiger partial charge in [0.25, 0.3) is 0 Å². The Morgan fingerprint density at radius 3 is 2.33 bits per heavy atom. The van der Waals surface area contributed by atoms with Gasteiger partial charge in [-0.1, -0.05) is 72.4 Å². The van der Waals surface area contributed by atoms with Crippen molar-refractivity contribution in [3.8, 4) is 0 Å². The number of rotatable bonds is 4. The molecule has 0 saturated carbocycles. The van der Waals surface area contributed by atoms with Crippen LogP contribution in [0.4, 0.5) is 0 Å². The van der Waals surface area contributed by atoms with Crippen molar-refractivity contribution in [1.29, 1.82) is 0 Å². The van der Waals surface area contributed by atoms with E-state index in [1.165, 1.54) is 11.1 Å². The molecule has 0 spiro atoms. The summed E-state index contributed by atoms with van der Waals surface area (Å²) in [5.74, 6) is 0.951. The maximum atomic E-state index is 4.67. The number of amidine groups is 1. The highest BCUT2D eigenvalue weighted by molar-refractivity contribution is 8.13. The predicted octanol–water partition coefficient (Wildman–Crippen LogP) is 3.30. The zero-order chi connectivity index (χ0) is 14.3. The molecule has 0 bridgehead atoms. The van der Waals surface area contributed by atoms with Crippen LogP contribution in [0, 0.1) is 0 Å². The van der Waals surface area contributed by atoms with Gasteiger partial charge in [0.2, 0.25) is 0 Å². The minimum atomic E-state index is 0.849. The summed E-state index contributed by atoms with van der Waals surface area (Å²) in [6.07, 6.45) is 0. The summed E-state index contributed by atoms with van der Waals surface area (Å²) in [7, 11) is 0. The third-order valence-corrected chi connectivity index (χ3v) is 4.37. The predicted molar refractivity (Wildman–Crippen MR) is 90.0 cm³/mol. The van der Waals surface area contributed by atoms with Gasteiger partial charge in [-0.25, -0.2) is 5.43 Å². The molecule has 1 heterocycles. The van der Waals surface area contributed by atoms with Crippen LogP contribution >= 0.6 is 11.8 Å². The van der Waals surface area contributed by atoms with E-state index < -0.39 is 0 Å². The van der Waals surface area contributed by atoms with E-state index >= 15 is 0 Å². The number of hydrogen-bond donors (Lipinski definition) is 1. The van der Waals surface area contributed by atoms with Crippen LogP contribution in [0.2, 0.25) is 0 Å². The number of thioether (sulfide) groups is 1. The van der Waals surface area contributed by atoms with E-state index in [9.17, 15) is 0 Å². The molecule has 0 saturated heterocycles. The SMILES string of the molecule is c1ccc(CSC2=NCCNN2Cc2ccccc2)cc1. The molecule has 3 rings (SSSR count). The summed E-state index contributed by atoms with van der Waals surface area (Å²) in [6.45, 7) is 2.60. The first kappa shape index (κ1) is 14.2. The monoisotopic (exact) mass is 297 g/mol. The molecule has 2 aromatic rings. The Bertz CT molecular complexity index is 583. The first-order valence-corrected chi connectivity index (χ1v) is 8.16. The van der Waals surface area contributed by atoms with E-state index in [1.807, 2.05) is 6.07 Å². The molecule has 1 aliphatic rings. The van der Waals surface area contributed by atoms with E-state index in [0.29, 0.717) is 0 Å². The number of nitrogens with one attached hydrogen (secondary N) is 1. The van der Waals surface area contributed by atoms with Gasteiger partial charge in [-0.3, -0.25) is 10.0 Å². The molecule has 0 atom stereocenters. The Morgan fingerprint density at radius 1 is 0.952 bits per heavy atom. The summed E-state index contributed by atoms with van der Waals surface area (Å²) < 4.78 is 0. The average molecular weight is 297 g/mol. The number of nitrogens with zero attached hydrogens (tertiary/aromatic N) is 2. The van der Waals surface area contributed by atoms with Crippen molar-refractivity contribution in [2.24, 2.45) is 4.99 Å². The molecule has 21 heavy (non-hydrogen) atoms. The number of hydrazine groups is 1. The Kier molecular flexibility index (Phi) is 4.92. The van der Waals surface area contributed by atoms with Crippen LogP contribution in [0.1, 0.15) is 11.1 Å². The van der Waals surface area contributed by atoms with Gasteiger partial charge in [0.05, 0.1) is 13.1 Å². The molecular formula is C17H19N3S. The second-order valence-corrected chi connectivity index (χ2v) is 5.86. The molecule has 3 nitrogen and oxygen atoms in total. The van der Waals surface area contributed by atoms with Crippen LogP contribution in [-0.2, 0) is 12.3 Å². The van der Waals surface area contributed by atoms with Crippen molar-refractivity contribution >= 4 is 16.9 Å². The molecule has 0 aliphatic carbocycles. The zero-order valence-electron chi connectivity index (χ0n) is 11.9. The highest BCUT2D eigenvalue weighted by atomic mass is 32.2. The lowest BCUT2D eigenvalue weighted by atomic mass is 10.2. The highest BCUT2D eigenvalue weighted by Gasteiger charge is 2.15. The summed E-state index contributed by atoms with van der Waals surface area (Å²) in [6, 6.07) is 21.0. The Labute approximate surface area is 130 Å². The van der Waals surface area contributed by atoms with Crippen LogP contribution in [0.15, 0.2) is 65.7 Å². The molecule has 0 aromatic heterocycles. The van der Waals surface area contributed by atoms with Crippen molar-refractivity contribution < 1.29 is 0 Å².